The van der Waals surface area contributed by atoms with Crippen LogP contribution in [0, 0.1) is 0 Å². The summed E-state index contributed by atoms with van der Waals surface area (Å²) >= 11 is 3.63. The van der Waals surface area contributed by atoms with Gasteiger partial charge in [0.1, 0.15) is 0 Å². The SMILES string of the molecule is CC(C)(C)c1ccc(SC(CN)c2cccs2)cc1. The van der Waals surface area contributed by atoms with Crippen molar-refractivity contribution in [3.8, 4) is 0 Å². The van der Waals surface area contributed by atoms with Crippen molar-refractivity contribution >= 4 is 23.1 Å². The van der Waals surface area contributed by atoms with Gasteiger partial charge >= 0.3 is 0 Å². The third-order valence-corrected chi connectivity index (χ3v) is 5.48. The van der Waals surface area contributed by atoms with Gasteiger partial charge in [-0.15, -0.1) is 23.1 Å². The van der Waals surface area contributed by atoms with E-state index < -0.39 is 0 Å². The van der Waals surface area contributed by atoms with Crippen molar-refractivity contribution in [3.63, 3.8) is 0 Å². The second-order valence-corrected chi connectivity index (χ2v) is 7.89. The van der Waals surface area contributed by atoms with Crippen LogP contribution >= 0.6 is 23.1 Å². The van der Waals surface area contributed by atoms with E-state index in [-0.39, 0.29) is 5.41 Å². The van der Waals surface area contributed by atoms with E-state index >= 15 is 0 Å². The highest BCUT2D eigenvalue weighted by atomic mass is 32.2. The Morgan fingerprint density at radius 3 is 2.32 bits per heavy atom. The first-order chi connectivity index (χ1) is 9.00. The highest BCUT2D eigenvalue weighted by Crippen LogP contribution is 2.37. The quantitative estimate of drug-likeness (QED) is 0.816. The number of nitrogens with two attached hydrogens (primary N) is 1. The number of thiophene rings is 1. The summed E-state index contributed by atoms with van der Waals surface area (Å²) in [6.45, 7) is 7.39. The summed E-state index contributed by atoms with van der Waals surface area (Å²) in [6.07, 6.45) is 0. The van der Waals surface area contributed by atoms with Crippen LogP contribution in [-0.2, 0) is 5.41 Å². The Hall–Kier alpha value is -0.770. The van der Waals surface area contributed by atoms with E-state index in [1.54, 1.807) is 11.3 Å². The highest BCUT2D eigenvalue weighted by Gasteiger charge is 2.15. The van der Waals surface area contributed by atoms with Crippen LogP contribution in [0.4, 0.5) is 0 Å². The van der Waals surface area contributed by atoms with E-state index in [4.69, 9.17) is 5.73 Å². The molecule has 0 aliphatic heterocycles. The molecule has 2 rings (SSSR count). The van der Waals surface area contributed by atoms with Crippen molar-refractivity contribution < 1.29 is 0 Å². The third-order valence-electron chi connectivity index (χ3n) is 3.07. The molecule has 1 heterocycles. The molecule has 0 bridgehead atoms. The number of benzene rings is 1. The lowest BCUT2D eigenvalue weighted by Crippen LogP contribution is -2.10. The van der Waals surface area contributed by atoms with Gasteiger partial charge in [0, 0.05) is 16.3 Å². The summed E-state index contributed by atoms with van der Waals surface area (Å²) in [4.78, 5) is 2.64. The molecule has 2 N–H and O–H groups in total. The maximum absolute atomic E-state index is 5.90. The molecule has 1 aromatic heterocycles. The van der Waals surface area contributed by atoms with Gasteiger partial charge in [0.05, 0.1) is 5.25 Å². The van der Waals surface area contributed by atoms with Gasteiger partial charge in [-0.1, -0.05) is 39.0 Å². The summed E-state index contributed by atoms with van der Waals surface area (Å²) in [5.74, 6) is 0. The molecule has 19 heavy (non-hydrogen) atoms. The molecular weight excluding hydrogens is 270 g/mol. The number of thioether (sulfide) groups is 1. The second-order valence-electron chi connectivity index (χ2n) is 5.63. The Morgan fingerprint density at radius 2 is 1.84 bits per heavy atom. The average Bonchev–Trinajstić information content (AvgIpc) is 2.89. The van der Waals surface area contributed by atoms with Crippen LogP contribution in [0.25, 0.3) is 0 Å². The molecule has 1 atom stereocenters. The zero-order chi connectivity index (χ0) is 13.9. The Labute approximate surface area is 124 Å². The van der Waals surface area contributed by atoms with Crippen LogP contribution in [0.1, 0.15) is 36.5 Å². The van der Waals surface area contributed by atoms with Crippen LogP contribution in [0.15, 0.2) is 46.7 Å². The number of hydrogen-bond donors (Lipinski definition) is 1. The van der Waals surface area contributed by atoms with Gasteiger partial charge in [0.2, 0.25) is 0 Å². The summed E-state index contributed by atoms with van der Waals surface area (Å²) in [5, 5.41) is 2.47. The molecule has 0 spiro atoms. The topological polar surface area (TPSA) is 26.0 Å². The monoisotopic (exact) mass is 291 g/mol. The van der Waals surface area contributed by atoms with Crippen molar-refractivity contribution in [1.29, 1.82) is 0 Å². The Balaban J connectivity index is 2.11. The maximum atomic E-state index is 5.90. The lowest BCUT2D eigenvalue weighted by molar-refractivity contribution is 0.590. The molecule has 1 nitrogen and oxygen atoms in total. The van der Waals surface area contributed by atoms with E-state index in [1.807, 2.05) is 11.8 Å². The zero-order valence-electron chi connectivity index (χ0n) is 11.7. The third kappa shape index (κ3) is 3.85. The Morgan fingerprint density at radius 1 is 1.16 bits per heavy atom. The molecular formula is C16H21NS2. The summed E-state index contributed by atoms with van der Waals surface area (Å²) in [7, 11) is 0. The van der Waals surface area contributed by atoms with E-state index in [9.17, 15) is 0 Å². The molecule has 0 radical (unpaired) electrons. The fourth-order valence-electron chi connectivity index (χ4n) is 1.89. The number of rotatable bonds is 4. The van der Waals surface area contributed by atoms with E-state index in [1.165, 1.54) is 15.3 Å². The van der Waals surface area contributed by atoms with E-state index in [0.29, 0.717) is 11.8 Å². The van der Waals surface area contributed by atoms with E-state index in [2.05, 4.69) is 62.5 Å². The van der Waals surface area contributed by atoms with Crippen molar-refractivity contribution in [2.24, 2.45) is 5.73 Å². The van der Waals surface area contributed by atoms with Crippen LogP contribution in [0.3, 0.4) is 0 Å². The maximum Gasteiger partial charge on any atom is 0.0560 e. The van der Waals surface area contributed by atoms with E-state index in [0.717, 1.165) is 0 Å². The van der Waals surface area contributed by atoms with Crippen LogP contribution < -0.4 is 5.73 Å². The smallest absolute Gasteiger partial charge is 0.0560 e. The standard InChI is InChI=1S/C16H21NS2/c1-16(2,3)12-6-8-13(9-7-12)19-15(11-17)14-5-4-10-18-14/h4-10,15H,11,17H2,1-3H3. The minimum Gasteiger partial charge on any atom is -0.329 e. The van der Waals surface area contributed by atoms with Gasteiger partial charge in [0.15, 0.2) is 0 Å². The Kier molecular flexibility index (Phi) is 4.71. The molecule has 102 valence electrons. The molecule has 2 aromatic rings. The fraction of sp³-hybridized carbons (Fsp3) is 0.375. The van der Waals surface area contributed by atoms with Crippen molar-refractivity contribution in [1.82, 2.24) is 0 Å². The van der Waals surface area contributed by atoms with Crippen LogP contribution in [-0.4, -0.2) is 6.54 Å². The molecule has 0 saturated carbocycles. The minimum atomic E-state index is 0.213. The van der Waals surface area contributed by atoms with Gasteiger partial charge < -0.3 is 5.73 Å². The highest BCUT2D eigenvalue weighted by molar-refractivity contribution is 7.99. The predicted molar refractivity (Wildman–Crippen MR) is 87.1 cm³/mol. The molecule has 1 unspecified atom stereocenters. The van der Waals surface area contributed by atoms with Crippen molar-refractivity contribution in [2.45, 2.75) is 36.3 Å². The van der Waals surface area contributed by atoms with Gasteiger partial charge in [-0.25, -0.2) is 0 Å². The first kappa shape index (κ1) is 14.6. The van der Waals surface area contributed by atoms with Gasteiger partial charge in [-0.2, -0.15) is 0 Å². The summed E-state index contributed by atoms with van der Waals surface area (Å²) in [6, 6.07) is 13.1. The molecule has 3 heteroatoms. The first-order valence-electron chi connectivity index (χ1n) is 6.51. The van der Waals surface area contributed by atoms with Crippen LogP contribution in [0.2, 0.25) is 0 Å². The van der Waals surface area contributed by atoms with Crippen LogP contribution in [0.5, 0.6) is 0 Å². The van der Waals surface area contributed by atoms with Gasteiger partial charge in [-0.3, -0.25) is 0 Å². The molecule has 0 aliphatic rings. The van der Waals surface area contributed by atoms with Gasteiger partial charge in [0.25, 0.3) is 0 Å². The number of hydrogen-bond acceptors (Lipinski definition) is 3. The summed E-state index contributed by atoms with van der Waals surface area (Å²) in [5.41, 5.74) is 7.48. The minimum absolute atomic E-state index is 0.213. The lowest BCUT2D eigenvalue weighted by atomic mass is 9.87. The molecule has 1 aromatic carbocycles. The second kappa shape index (κ2) is 6.12. The normalized spacial score (nSPS) is 13.5. The average molecular weight is 291 g/mol. The van der Waals surface area contributed by atoms with Crippen molar-refractivity contribution in [3.05, 3.63) is 52.2 Å². The van der Waals surface area contributed by atoms with Gasteiger partial charge in [-0.05, 0) is 34.6 Å². The molecule has 0 fully saturated rings. The molecule has 0 aliphatic carbocycles. The predicted octanol–water partition coefficient (Wildman–Crippen LogP) is 4.84. The largest absolute Gasteiger partial charge is 0.329 e. The fourth-order valence-corrected chi connectivity index (χ4v) is 3.84. The first-order valence-corrected chi connectivity index (χ1v) is 8.27. The molecule has 0 saturated heterocycles. The Bertz CT molecular complexity index is 495. The van der Waals surface area contributed by atoms with Crippen molar-refractivity contribution in [2.75, 3.05) is 6.54 Å². The molecule has 0 amide bonds. The summed E-state index contributed by atoms with van der Waals surface area (Å²) < 4.78 is 0. The lowest BCUT2D eigenvalue weighted by Gasteiger charge is -2.19. The zero-order valence-corrected chi connectivity index (χ0v) is 13.4.